The van der Waals surface area contributed by atoms with E-state index in [-0.39, 0.29) is 19.0 Å². The van der Waals surface area contributed by atoms with E-state index in [0.29, 0.717) is 19.8 Å². The van der Waals surface area contributed by atoms with Crippen molar-refractivity contribution < 1.29 is 19.3 Å². The number of rotatable bonds is 9. The molecule has 1 aliphatic rings. The van der Waals surface area contributed by atoms with Gasteiger partial charge in [0.15, 0.2) is 6.29 Å². The summed E-state index contributed by atoms with van der Waals surface area (Å²) in [6, 6.07) is 0. The second kappa shape index (κ2) is 8.93. The highest BCUT2D eigenvalue weighted by atomic mass is 16.7. The molecule has 0 aliphatic carbocycles. The number of hydrogen-bond donors (Lipinski definition) is 1. The first-order valence-electron chi connectivity index (χ1n) is 6.32. The normalized spacial score (nSPS) is 25.1. The van der Waals surface area contributed by atoms with Crippen LogP contribution < -0.4 is 0 Å². The molecule has 0 saturated carbocycles. The molecule has 16 heavy (non-hydrogen) atoms. The van der Waals surface area contributed by atoms with Crippen LogP contribution in [0.4, 0.5) is 0 Å². The molecule has 0 bridgehead atoms. The van der Waals surface area contributed by atoms with Gasteiger partial charge in [-0.2, -0.15) is 0 Å². The number of aliphatic hydroxyl groups excluding tert-OH is 1. The Hall–Kier alpha value is -0.160. The van der Waals surface area contributed by atoms with Gasteiger partial charge in [0, 0.05) is 0 Å². The first-order valence-corrected chi connectivity index (χ1v) is 6.32. The Morgan fingerprint density at radius 1 is 1.31 bits per heavy atom. The lowest BCUT2D eigenvalue weighted by molar-refractivity contribution is -0.0772. The Morgan fingerprint density at radius 3 is 2.94 bits per heavy atom. The predicted molar refractivity (Wildman–Crippen MR) is 61.3 cm³/mol. The Bertz CT molecular complexity index is 163. The highest BCUT2D eigenvalue weighted by Crippen LogP contribution is 2.17. The Kier molecular flexibility index (Phi) is 7.76. The van der Waals surface area contributed by atoms with E-state index in [9.17, 15) is 0 Å². The van der Waals surface area contributed by atoms with Gasteiger partial charge in [-0.1, -0.05) is 26.2 Å². The molecule has 0 aromatic heterocycles. The molecule has 1 N–H and O–H groups in total. The minimum atomic E-state index is -0.0421. The van der Waals surface area contributed by atoms with Crippen molar-refractivity contribution in [2.75, 3.05) is 26.4 Å². The summed E-state index contributed by atoms with van der Waals surface area (Å²) in [4.78, 5) is 0. The third-order valence-corrected chi connectivity index (χ3v) is 2.64. The zero-order valence-electron chi connectivity index (χ0n) is 10.2. The lowest BCUT2D eigenvalue weighted by Crippen LogP contribution is -2.20. The second-order valence-corrected chi connectivity index (χ2v) is 4.17. The molecule has 96 valence electrons. The van der Waals surface area contributed by atoms with Crippen molar-refractivity contribution in [2.24, 2.45) is 0 Å². The molecule has 1 aliphatic heterocycles. The van der Waals surface area contributed by atoms with E-state index in [1.54, 1.807) is 0 Å². The summed E-state index contributed by atoms with van der Waals surface area (Å²) in [7, 11) is 0. The largest absolute Gasteiger partial charge is 0.394 e. The molecule has 0 aromatic rings. The minimum absolute atomic E-state index is 0.0421. The van der Waals surface area contributed by atoms with Crippen LogP contribution in [0.25, 0.3) is 0 Å². The Morgan fingerprint density at radius 2 is 2.19 bits per heavy atom. The van der Waals surface area contributed by atoms with Gasteiger partial charge in [0.25, 0.3) is 0 Å². The molecule has 1 heterocycles. The van der Waals surface area contributed by atoms with Gasteiger partial charge in [0.1, 0.15) is 6.10 Å². The van der Waals surface area contributed by atoms with Crippen LogP contribution in [0.15, 0.2) is 0 Å². The highest BCUT2D eigenvalue weighted by molar-refractivity contribution is 4.65. The highest BCUT2D eigenvalue weighted by Gasteiger charge is 2.25. The van der Waals surface area contributed by atoms with E-state index in [2.05, 4.69) is 6.92 Å². The zero-order valence-corrected chi connectivity index (χ0v) is 10.2. The number of aliphatic hydroxyl groups is 1. The van der Waals surface area contributed by atoms with Crippen LogP contribution in [0.5, 0.6) is 0 Å². The molecule has 0 radical (unpaired) electrons. The molecule has 4 heteroatoms. The first-order chi connectivity index (χ1) is 7.86. The van der Waals surface area contributed by atoms with Crippen molar-refractivity contribution >= 4 is 0 Å². The number of hydrogen-bond acceptors (Lipinski definition) is 4. The van der Waals surface area contributed by atoms with Crippen LogP contribution >= 0.6 is 0 Å². The van der Waals surface area contributed by atoms with Crippen molar-refractivity contribution in [3.05, 3.63) is 0 Å². The Balaban J connectivity index is 1.97. The molecule has 0 amide bonds. The van der Waals surface area contributed by atoms with Crippen LogP contribution in [0.2, 0.25) is 0 Å². The summed E-state index contributed by atoms with van der Waals surface area (Å²) in [6.07, 6.45) is 5.95. The number of ether oxygens (including phenoxy) is 3. The van der Waals surface area contributed by atoms with Crippen molar-refractivity contribution in [3.8, 4) is 0 Å². The van der Waals surface area contributed by atoms with Gasteiger partial charge in [-0.15, -0.1) is 0 Å². The topological polar surface area (TPSA) is 47.9 Å². The zero-order chi connectivity index (χ0) is 11.6. The van der Waals surface area contributed by atoms with Crippen LogP contribution in [-0.4, -0.2) is 43.9 Å². The quantitative estimate of drug-likeness (QED) is 0.615. The summed E-state index contributed by atoms with van der Waals surface area (Å²) in [6.45, 7) is 3.78. The molecular weight excluding hydrogens is 208 g/mol. The molecule has 0 spiro atoms. The molecule has 2 unspecified atom stereocenters. The fourth-order valence-corrected chi connectivity index (χ4v) is 1.76. The van der Waals surface area contributed by atoms with Crippen molar-refractivity contribution in [2.45, 2.75) is 51.4 Å². The van der Waals surface area contributed by atoms with Gasteiger partial charge in [0.05, 0.1) is 26.4 Å². The average molecular weight is 232 g/mol. The van der Waals surface area contributed by atoms with Gasteiger partial charge >= 0.3 is 0 Å². The minimum Gasteiger partial charge on any atom is -0.394 e. The molecule has 1 saturated heterocycles. The molecule has 4 nitrogen and oxygen atoms in total. The maximum absolute atomic E-state index is 8.56. The van der Waals surface area contributed by atoms with Crippen molar-refractivity contribution in [1.29, 1.82) is 0 Å². The van der Waals surface area contributed by atoms with E-state index < -0.39 is 0 Å². The molecule has 0 aromatic carbocycles. The maximum Gasteiger partial charge on any atom is 0.158 e. The summed E-state index contributed by atoms with van der Waals surface area (Å²) in [5.74, 6) is 0. The van der Waals surface area contributed by atoms with Crippen LogP contribution in [-0.2, 0) is 14.2 Å². The third-order valence-electron chi connectivity index (χ3n) is 2.64. The van der Waals surface area contributed by atoms with E-state index in [4.69, 9.17) is 19.3 Å². The first kappa shape index (κ1) is 13.9. The van der Waals surface area contributed by atoms with E-state index in [1.165, 1.54) is 25.7 Å². The molecule has 1 fully saturated rings. The fraction of sp³-hybridized carbons (Fsp3) is 1.00. The summed E-state index contributed by atoms with van der Waals surface area (Å²) < 4.78 is 16.4. The number of unbranched alkanes of at least 4 members (excludes halogenated alkanes) is 3. The van der Waals surface area contributed by atoms with Gasteiger partial charge in [-0.25, -0.2) is 0 Å². The summed E-state index contributed by atoms with van der Waals surface area (Å²) in [5.41, 5.74) is 0. The van der Waals surface area contributed by atoms with Gasteiger partial charge in [0.2, 0.25) is 0 Å². The van der Waals surface area contributed by atoms with Crippen LogP contribution in [0.3, 0.4) is 0 Å². The summed E-state index contributed by atoms with van der Waals surface area (Å²) >= 11 is 0. The standard InChI is InChI=1S/C12H24O4/c1-2-3-4-5-6-12-15-10-11(16-12)9-14-8-7-13/h11-13H,2-10H2,1H3. The van der Waals surface area contributed by atoms with Gasteiger partial charge in [-0.3, -0.25) is 0 Å². The van der Waals surface area contributed by atoms with Crippen LogP contribution in [0.1, 0.15) is 39.0 Å². The van der Waals surface area contributed by atoms with E-state index in [1.807, 2.05) is 0 Å². The molecule has 2 atom stereocenters. The lowest BCUT2D eigenvalue weighted by Gasteiger charge is -2.11. The molecular formula is C12H24O4. The monoisotopic (exact) mass is 232 g/mol. The van der Waals surface area contributed by atoms with Crippen LogP contribution in [0, 0.1) is 0 Å². The van der Waals surface area contributed by atoms with Gasteiger partial charge in [-0.05, 0) is 12.8 Å². The fourth-order valence-electron chi connectivity index (χ4n) is 1.76. The maximum atomic E-state index is 8.56. The lowest BCUT2D eigenvalue weighted by atomic mass is 10.1. The smallest absolute Gasteiger partial charge is 0.158 e. The SMILES string of the molecule is CCCCCCC1OCC(COCCO)O1. The van der Waals surface area contributed by atoms with E-state index in [0.717, 1.165) is 6.42 Å². The third kappa shape index (κ3) is 5.80. The summed E-state index contributed by atoms with van der Waals surface area (Å²) in [5, 5.41) is 8.56. The molecule has 1 rings (SSSR count). The Labute approximate surface area is 97.9 Å². The average Bonchev–Trinajstić information content (AvgIpc) is 2.73. The second-order valence-electron chi connectivity index (χ2n) is 4.17. The van der Waals surface area contributed by atoms with Crippen molar-refractivity contribution in [3.63, 3.8) is 0 Å². The van der Waals surface area contributed by atoms with Gasteiger partial charge < -0.3 is 19.3 Å². The van der Waals surface area contributed by atoms with E-state index >= 15 is 0 Å². The van der Waals surface area contributed by atoms with Crippen molar-refractivity contribution in [1.82, 2.24) is 0 Å². The predicted octanol–water partition coefficient (Wildman–Crippen LogP) is 1.71.